The summed E-state index contributed by atoms with van der Waals surface area (Å²) >= 11 is 0. The summed E-state index contributed by atoms with van der Waals surface area (Å²) in [5.41, 5.74) is 0.814. The molecule has 0 aromatic carbocycles. The monoisotopic (exact) mass is 334 g/mol. The molecule has 4 aliphatic carbocycles. The average Bonchev–Trinajstić information content (AvgIpc) is 2.86. The van der Waals surface area contributed by atoms with Gasteiger partial charge in [-0.1, -0.05) is 27.7 Å². The standard InChI is InChI=1S/C22H38O2/c1-13(2)16-5-6-17-20-18(8-10-22(16,17)4)21(3)9-7-15(23)11-14(21)12-19(20)24/h13-20,23-24H,5-12H2,1-4H3/t14?,15-,16?,17?,18?,19-,20?,21?,22?/m1/s1. The maximum Gasteiger partial charge on any atom is 0.0577 e. The van der Waals surface area contributed by atoms with Gasteiger partial charge in [0.15, 0.2) is 0 Å². The largest absolute Gasteiger partial charge is 0.393 e. The van der Waals surface area contributed by atoms with Crippen LogP contribution >= 0.6 is 0 Å². The van der Waals surface area contributed by atoms with Crippen molar-refractivity contribution >= 4 is 0 Å². The van der Waals surface area contributed by atoms with E-state index >= 15 is 0 Å². The Bertz CT molecular complexity index is 488. The lowest BCUT2D eigenvalue weighted by Gasteiger charge is -2.62. The highest BCUT2D eigenvalue weighted by atomic mass is 16.3. The number of fused-ring (bicyclic) bond motifs is 5. The summed E-state index contributed by atoms with van der Waals surface area (Å²) in [5, 5.41) is 21.3. The van der Waals surface area contributed by atoms with Crippen molar-refractivity contribution in [3.8, 4) is 0 Å². The smallest absolute Gasteiger partial charge is 0.0577 e. The van der Waals surface area contributed by atoms with Crippen molar-refractivity contribution < 1.29 is 10.2 Å². The molecule has 0 bridgehead atoms. The lowest BCUT2D eigenvalue weighted by atomic mass is 9.43. The highest BCUT2D eigenvalue weighted by Gasteiger charge is 2.62. The van der Waals surface area contributed by atoms with E-state index in [1.54, 1.807) is 0 Å². The molecule has 4 saturated carbocycles. The van der Waals surface area contributed by atoms with E-state index in [0.29, 0.717) is 28.6 Å². The SMILES string of the molecule is CC(C)C1CCC2C3C(CCC12C)C1(C)CC[C@@H](O)CC1C[C@H]3O. The van der Waals surface area contributed by atoms with E-state index in [1.165, 1.54) is 32.1 Å². The zero-order valence-corrected chi connectivity index (χ0v) is 16.2. The molecule has 2 heteroatoms. The van der Waals surface area contributed by atoms with Gasteiger partial charge >= 0.3 is 0 Å². The fourth-order valence-electron chi connectivity index (χ4n) is 8.34. The van der Waals surface area contributed by atoms with Gasteiger partial charge in [0.1, 0.15) is 0 Å². The lowest BCUT2D eigenvalue weighted by molar-refractivity contribution is -0.174. The predicted octanol–water partition coefficient (Wildman–Crippen LogP) is 4.63. The second-order valence-corrected chi connectivity index (χ2v) is 10.7. The van der Waals surface area contributed by atoms with Gasteiger partial charge in [-0.2, -0.15) is 0 Å². The lowest BCUT2D eigenvalue weighted by Crippen LogP contribution is -2.58. The van der Waals surface area contributed by atoms with Gasteiger partial charge < -0.3 is 10.2 Å². The first-order chi connectivity index (χ1) is 11.3. The van der Waals surface area contributed by atoms with Crippen LogP contribution in [0.25, 0.3) is 0 Å². The molecule has 4 aliphatic rings. The predicted molar refractivity (Wildman–Crippen MR) is 97.5 cm³/mol. The topological polar surface area (TPSA) is 40.5 Å². The first kappa shape index (κ1) is 17.3. The Hall–Kier alpha value is -0.0800. The number of hydrogen-bond donors (Lipinski definition) is 2. The molecule has 0 spiro atoms. The molecule has 9 atom stereocenters. The van der Waals surface area contributed by atoms with Gasteiger partial charge in [-0.05, 0) is 97.7 Å². The van der Waals surface area contributed by atoms with Gasteiger partial charge in [-0.15, -0.1) is 0 Å². The third-order valence-electron chi connectivity index (χ3n) is 9.53. The zero-order chi connectivity index (χ0) is 17.3. The molecule has 0 aliphatic heterocycles. The molecule has 24 heavy (non-hydrogen) atoms. The Labute approximate surface area is 148 Å². The molecule has 4 fully saturated rings. The summed E-state index contributed by atoms with van der Waals surface area (Å²) < 4.78 is 0. The van der Waals surface area contributed by atoms with Crippen molar-refractivity contribution in [1.29, 1.82) is 0 Å². The third-order valence-corrected chi connectivity index (χ3v) is 9.53. The zero-order valence-electron chi connectivity index (χ0n) is 16.2. The van der Waals surface area contributed by atoms with Crippen LogP contribution in [0.3, 0.4) is 0 Å². The first-order valence-corrected chi connectivity index (χ1v) is 10.6. The van der Waals surface area contributed by atoms with Crippen LogP contribution in [0.1, 0.15) is 79.1 Å². The minimum Gasteiger partial charge on any atom is -0.393 e. The summed E-state index contributed by atoms with van der Waals surface area (Å²) in [6.45, 7) is 9.87. The van der Waals surface area contributed by atoms with Gasteiger partial charge in [0.2, 0.25) is 0 Å². The van der Waals surface area contributed by atoms with Crippen LogP contribution in [0.2, 0.25) is 0 Å². The van der Waals surface area contributed by atoms with E-state index in [0.717, 1.165) is 37.0 Å². The molecular formula is C22H38O2. The van der Waals surface area contributed by atoms with Crippen LogP contribution in [-0.2, 0) is 0 Å². The summed E-state index contributed by atoms with van der Waals surface area (Å²) in [5.74, 6) is 4.07. The van der Waals surface area contributed by atoms with Crippen LogP contribution in [0.4, 0.5) is 0 Å². The highest BCUT2D eigenvalue weighted by Crippen LogP contribution is 2.68. The van der Waals surface area contributed by atoms with E-state index < -0.39 is 0 Å². The van der Waals surface area contributed by atoms with Crippen molar-refractivity contribution in [2.45, 2.75) is 91.3 Å². The molecule has 2 N–H and O–H groups in total. The van der Waals surface area contributed by atoms with Gasteiger partial charge in [-0.3, -0.25) is 0 Å². The van der Waals surface area contributed by atoms with Crippen molar-refractivity contribution in [1.82, 2.24) is 0 Å². The van der Waals surface area contributed by atoms with Crippen molar-refractivity contribution in [3.63, 3.8) is 0 Å². The van der Waals surface area contributed by atoms with Crippen LogP contribution < -0.4 is 0 Å². The number of aliphatic hydroxyl groups excluding tert-OH is 2. The molecule has 0 aromatic heterocycles. The van der Waals surface area contributed by atoms with Crippen LogP contribution in [0, 0.1) is 46.3 Å². The number of rotatable bonds is 1. The van der Waals surface area contributed by atoms with Gasteiger partial charge in [0.05, 0.1) is 12.2 Å². The summed E-state index contributed by atoms with van der Waals surface area (Å²) in [6, 6.07) is 0. The van der Waals surface area contributed by atoms with E-state index in [2.05, 4.69) is 27.7 Å². The van der Waals surface area contributed by atoms with Crippen molar-refractivity contribution in [2.24, 2.45) is 46.3 Å². The van der Waals surface area contributed by atoms with Crippen LogP contribution in [-0.4, -0.2) is 22.4 Å². The summed E-state index contributed by atoms with van der Waals surface area (Å²) in [4.78, 5) is 0. The quantitative estimate of drug-likeness (QED) is 0.734. The molecule has 2 nitrogen and oxygen atoms in total. The Morgan fingerprint density at radius 2 is 1.50 bits per heavy atom. The number of hydrogen-bond acceptors (Lipinski definition) is 2. The second kappa shape index (κ2) is 5.71. The van der Waals surface area contributed by atoms with Gasteiger partial charge in [0, 0.05) is 0 Å². The first-order valence-electron chi connectivity index (χ1n) is 10.6. The van der Waals surface area contributed by atoms with E-state index in [-0.39, 0.29) is 12.2 Å². The maximum atomic E-state index is 11.1. The summed E-state index contributed by atoms with van der Waals surface area (Å²) in [6.07, 6.45) is 9.12. The van der Waals surface area contributed by atoms with Gasteiger partial charge in [0.25, 0.3) is 0 Å². The average molecular weight is 335 g/mol. The molecular weight excluding hydrogens is 296 g/mol. The second-order valence-electron chi connectivity index (χ2n) is 10.7. The summed E-state index contributed by atoms with van der Waals surface area (Å²) in [7, 11) is 0. The van der Waals surface area contributed by atoms with E-state index in [1.807, 2.05) is 0 Å². The Morgan fingerprint density at radius 1 is 0.833 bits per heavy atom. The molecule has 4 rings (SSSR count). The molecule has 0 amide bonds. The fraction of sp³-hybridized carbons (Fsp3) is 1.00. The third kappa shape index (κ3) is 2.28. The maximum absolute atomic E-state index is 11.1. The molecule has 138 valence electrons. The van der Waals surface area contributed by atoms with Crippen LogP contribution in [0.5, 0.6) is 0 Å². The minimum atomic E-state index is -0.131. The Balaban J connectivity index is 1.65. The van der Waals surface area contributed by atoms with Crippen molar-refractivity contribution in [3.05, 3.63) is 0 Å². The highest BCUT2D eigenvalue weighted by molar-refractivity contribution is 5.11. The number of aliphatic hydroxyl groups is 2. The minimum absolute atomic E-state index is 0.127. The molecule has 7 unspecified atom stereocenters. The van der Waals surface area contributed by atoms with Crippen LogP contribution in [0.15, 0.2) is 0 Å². The normalized spacial score (nSPS) is 57.4. The van der Waals surface area contributed by atoms with E-state index in [4.69, 9.17) is 0 Å². The molecule has 0 radical (unpaired) electrons. The fourth-order valence-corrected chi connectivity index (χ4v) is 8.34. The van der Waals surface area contributed by atoms with Gasteiger partial charge in [-0.25, -0.2) is 0 Å². The Morgan fingerprint density at radius 3 is 2.21 bits per heavy atom. The molecule has 0 heterocycles. The Kier molecular flexibility index (Phi) is 4.12. The molecule has 0 aromatic rings. The van der Waals surface area contributed by atoms with Crippen molar-refractivity contribution in [2.75, 3.05) is 0 Å². The van der Waals surface area contributed by atoms with E-state index in [9.17, 15) is 10.2 Å². The molecule has 0 saturated heterocycles.